The molecule has 1 atom stereocenters. The first-order valence-corrected chi connectivity index (χ1v) is 11.3. The summed E-state index contributed by atoms with van der Waals surface area (Å²) in [6.45, 7) is 2.40. The van der Waals surface area contributed by atoms with Gasteiger partial charge in [-0.1, -0.05) is 78.9 Å². The minimum absolute atomic E-state index is 0.539. The second kappa shape index (κ2) is 10.9. The summed E-state index contributed by atoms with van der Waals surface area (Å²) >= 11 is 0. The van der Waals surface area contributed by atoms with E-state index >= 15 is 0 Å². The molecule has 170 valence electrons. The fraction of sp³-hybridized carbons (Fsp3) is 0.250. The maximum absolute atomic E-state index is 6.31. The van der Waals surface area contributed by atoms with Gasteiger partial charge in [-0.25, -0.2) is 4.98 Å². The highest BCUT2D eigenvalue weighted by Gasteiger charge is 2.41. The Morgan fingerprint density at radius 2 is 1.42 bits per heavy atom. The number of oxazole rings is 1. The van der Waals surface area contributed by atoms with Crippen LogP contribution in [0.15, 0.2) is 102 Å². The highest BCUT2D eigenvalue weighted by atomic mass is 16.5. The zero-order valence-corrected chi connectivity index (χ0v) is 19.2. The van der Waals surface area contributed by atoms with E-state index in [1.807, 2.05) is 97.2 Å². The Morgan fingerprint density at radius 3 is 2.00 bits per heavy atom. The zero-order valence-electron chi connectivity index (χ0n) is 19.2. The van der Waals surface area contributed by atoms with E-state index in [0.717, 1.165) is 42.1 Å². The third-order valence-electron chi connectivity index (χ3n) is 5.76. The molecule has 0 saturated carbocycles. The van der Waals surface area contributed by atoms with E-state index in [1.165, 1.54) is 4.90 Å². The van der Waals surface area contributed by atoms with Crippen LogP contribution in [0.25, 0.3) is 0 Å². The summed E-state index contributed by atoms with van der Waals surface area (Å²) in [6, 6.07) is 30.1. The molecule has 0 amide bonds. The van der Waals surface area contributed by atoms with Crippen molar-refractivity contribution >= 4 is 0 Å². The summed E-state index contributed by atoms with van der Waals surface area (Å²) in [5, 5.41) is 0. The number of nitrogens with one attached hydrogen (secondary N) is 1. The molecule has 5 nitrogen and oxygen atoms in total. The van der Waals surface area contributed by atoms with Crippen molar-refractivity contribution in [3.05, 3.63) is 120 Å². The van der Waals surface area contributed by atoms with Gasteiger partial charge >= 0.3 is 0 Å². The third kappa shape index (κ3) is 5.33. The number of hydrogen-bond donors (Lipinski definition) is 1. The highest BCUT2D eigenvalue weighted by molar-refractivity contribution is 5.42. The molecule has 0 saturated heterocycles. The normalized spacial score (nSPS) is 12.4. The first-order valence-electron chi connectivity index (χ1n) is 11.3. The van der Waals surface area contributed by atoms with E-state index in [2.05, 4.69) is 12.0 Å². The summed E-state index contributed by atoms with van der Waals surface area (Å²) in [7, 11) is 3.86. The second-order valence-electron chi connectivity index (χ2n) is 8.15. The lowest BCUT2D eigenvalue weighted by Crippen LogP contribution is -3.07. The molecule has 1 unspecified atom stereocenters. The largest absolute Gasteiger partial charge is 0.493 e. The minimum atomic E-state index is -0.905. The van der Waals surface area contributed by atoms with E-state index in [1.54, 1.807) is 7.11 Å². The van der Waals surface area contributed by atoms with Crippen molar-refractivity contribution < 1.29 is 18.8 Å². The number of rotatable bonds is 11. The molecule has 33 heavy (non-hydrogen) atoms. The number of methoxy groups -OCH3 is 1. The zero-order chi connectivity index (χ0) is 22.9. The molecule has 1 aromatic heterocycles. The molecule has 4 rings (SSSR count). The number of para-hydroxylation sites is 1. The van der Waals surface area contributed by atoms with Crippen LogP contribution in [0, 0.1) is 0 Å². The van der Waals surface area contributed by atoms with Crippen LogP contribution in [0.3, 0.4) is 0 Å². The number of quaternary nitrogens is 1. The van der Waals surface area contributed by atoms with E-state index in [4.69, 9.17) is 13.9 Å². The van der Waals surface area contributed by atoms with Crippen molar-refractivity contribution in [2.45, 2.75) is 18.6 Å². The predicted molar refractivity (Wildman–Crippen MR) is 128 cm³/mol. The molecule has 4 aromatic rings. The first-order chi connectivity index (χ1) is 16.2. The molecule has 0 bridgehead atoms. The quantitative estimate of drug-likeness (QED) is 0.355. The van der Waals surface area contributed by atoms with E-state index < -0.39 is 5.60 Å². The van der Waals surface area contributed by atoms with Gasteiger partial charge in [0.05, 0.1) is 26.4 Å². The minimum Gasteiger partial charge on any atom is -0.493 e. The maximum atomic E-state index is 6.31. The fourth-order valence-corrected chi connectivity index (χ4v) is 4.10. The Balaban J connectivity index is 1.46. The van der Waals surface area contributed by atoms with Gasteiger partial charge in [0, 0.05) is 13.5 Å². The van der Waals surface area contributed by atoms with Crippen molar-refractivity contribution in [1.82, 2.24) is 4.98 Å². The topological polar surface area (TPSA) is 48.9 Å². The molecule has 1 heterocycles. The monoisotopic (exact) mass is 443 g/mol. The Hall–Kier alpha value is -3.41. The fourth-order valence-electron chi connectivity index (χ4n) is 4.10. The summed E-state index contributed by atoms with van der Waals surface area (Å²) < 4.78 is 18.3. The van der Waals surface area contributed by atoms with Crippen LogP contribution in [-0.4, -0.2) is 32.3 Å². The summed E-state index contributed by atoms with van der Waals surface area (Å²) in [4.78, 5) is 6.00. The van der Waals surface area contributed by atoms with Gasteiger partial charge in [-0.3, -0.25) is 0 Å². The molecule has 0 aliphatic heterocycles. The number of benzene rings is 3. The second-order valence-corrected chi connectivity index (χ2v) is 8.15. The smallest absolute Gasteiger partial charge is 0.236 e. The van der Waals surface area contributed by atoms with E-state index in [-0.39, 0.29) is 0 Å². The van der Waals surface area contributed by atoms with E-state index in [9.17, 15) is 0 Å². The van der Waals surface area contributed by atoms with Gasteiger partial charge in [0.25, 0.3) is 0 Å². The van der Waals surface area contributed by atoms with Crippen LogP contribution in [0.2, 0.25) is 0 Å². The van der Waals surface area contributed by atoms with Crippen molar-refractivity contribution in [1.29, 1.82) is 0 Å². The van der Waals surface area contributed by atoms with Gasteiger partial charge in [0.15, 0.2) is 11.4 Å². The summed E-state index contributed by atoms with van der Waals surface area (Å²) in [6.07, 6.45) is 2.77. The maximum Gasteiger partial charge on any atom is 0.236 e. The van der Waals surface area contributed by atoms with Gasteiger partial charge < -0.3 is 18.8 Å². The molecular formula is C28H31N2O3+. The number of hydrogen-bond acceptors (Lipinski definition) is 4. The molecule has 0 aliphatic carbocycles. The Kier molecular flexibility index (Phi) is 7.55. The lowest BCUT2D eigenvalue weighted by atomic mass is 9.86. The lowest BCUT2D eigenvalue weighted by molar-refractivity contribution is -0.895. The molecule has 1 N–H and O–H groups in total. The van der Waals surface area contributed by atoms with Crippen LogP contribution in [0.1, 0.15) is 29.2 Å². The predicted octanol–water partition coefficient (Wildman–Crippen LogP) is 4.10. The highest BCUT2D eigenvalue weighted by Crippen LogP contribution is 2.39. The average molecular weight is 444 g/mol. The van der Waals surface area contributed by atoms with Gasteiger partial charge in [0.1, 0.15) is 12.3 Å². The Morgan fingerprint density at radius 1 is 0.848 bits per heavy atom. The molecular weight excluding hydrogens is 412 g/mol. The Bertz CT molecular complexity index is 1060. The van der Waals surface area contributed by atoms with Crippen molar-refractivity contribution in [3.63, 3.8) is 0 Å². The van der Waals surface area contributed by atoms with Crippen LogP contribution < -0.4 is 9.64 Å². The average Bonchev–Trinajstić information content (AvgIpc) is 3.33. The van der Waals surface area contributed by atoms with Crippen LogP contribution >= 0.6 is 0 Å². The molecule has 0 radical (unpaired) electrons. The SMILES string of the molecule is COC(c1ccccc1)(c1ccccc1)c1ncc(C[NH+](C)CCCOc2ccccc2)o1. The van der Waals surface area contributed by atoms with Crippen molar-refractivity contribution in [2.24, 2.45) is 0 Å². The van der Waals surface area contributed by atoms with E-state index in [0.29, 0.717) is 12.5 Å². The Labute approximate surface area is 195 Å². The van der Waals surface area contributed by atoms with Gasteiger partial charge in [-0.05, 0) is 23.3 Å². The molecule has 0 aliphatic rings. The van der Waals surface area contributed by atoms with Gasteiger partial charge in [-0.2, -0.15) is 0 Å². The van der Waals surface area contributed by atoms with Gasteiger partial charge in [0.2, 0.25) is 5.89 Å². The van der Waals surface area contributed by atoms with Crippen LogP contribution in [0.5, 0.6) is 5.75 Å². The van der Waals surface area contributed by atoms with Crippen molar-refractivity contribution in [3.8, 4) is 5.75 Å². The number of nitrogens with zero attached hydrogens (tertiary/aromatic N) is 1. The number of aromatic nitrogens is 1. The van der Waals surface area contributed by atoms with Crippen LogP contribution in [-0.2, 0) is 16.9 Å². The lowest BCUT2D eigenvalue weighted by Gasteiger charge is -2.30. The standard InChI is InChI=1S/C28H30N2O3/c1-30(19-12-20-32-25-17-10-5-11-18-25)22-26-21-29-27(33-26)28(31-2,23-13-6-3-7-14-23)24-15-8-4-9-16-24/h3-11,13-18,21H,12,19-20,22H2,1-2H3/p+1. The molecule has 0 fully saturated rings. The van der Waals surface area contributed by atoms with Crippen LogP contribution in [0.4, 0.5) is 0 Å². The van der Waals surface area contributed by atoms with Crippen molar-refractivity contribution in [2.75, 3.05) is 27.3 Å². The molecule has 0 spiro atoms. The molecule has 5 heteroatoms. The first kappa shape index (κ1) is 22.8. The number of ether oxygens (including phenoxy) is 2. The summed E-state index contributed by atoms with van der Waals surface area (Å²) in [5.41, 5.74) is 1.05. The third-order valence-corrected chi connectivity index (χ3v) is 5.76. The summed E-state index contributed by atoms with van der Waals surface area (Å²) in [5.74, 6) is 2.28. The molecule has 3 aromatic carbocycles. The van der Waals surface area contributed by atoms with Gasteiger partial charge in [-0.15, -0.1) is 0 Å².